The molecule has 0 aliphatic heterocycles. The molecule has 0 radical (unpaired) electrons. The van der Waals surface area contributed by atoms with Crippen molar-refractivity contribution in [2.24, 2.45) is 0 Å². The summed E-state index contributed by atoms with van der Waals surface area (Å²) >= 11 is 7.50. The van der Waals surface area contributed by atoms with E-state index in [9.17, 15) is 4.79 Å². The summed E-state index contributed by atoms with van der Waals surface area (Å²) < 4.78 is 0. The first-order chi connectivity index (χ1) is 7.61. The van der Waals surface area contributed by atoms with Crippen LogP contribution < -0.4 is 0 Å². The Bertz CT molecular complexity index is 399. The lowest BCUT2D eigenvalue weighted by Gasteiger charge is -2.01. The van der Waals surface area contributed by atoms with Crippen LogP contribution in [0.5, 0.6) is 0 Å². The summed E-state index contributed by atoms with van der Waals surface area (Å²) in [4.78, 5) is 10.7. The van der Waals surface area contributed by atoms with Gasteiger partial charge in [-0.15, -0.1) is 0 Å². The molecule has 1 nitrogen and oxygen atoms in total. The number of carbonyl (C=O) groups excluding carboxylic acids is 1. The fourth-order valence-electron chi connectivity index (χ4n) is 1.28. The third-order valence-electron chi connectivity index (χ3n) is 2.11. The van der Waals surface area contributed by atoms with Gasteiger partial charge >= 0.3 is 0 Å². The molecule has 0 aromatic heterocycles. The quantitative estimate of drug-likeness (QED) is 0.744. The van der Waals surface area contributed by atoms with Crippen LogP contribution in [-0.2, 0) is 4.79 Å². The van der Waals surface area contributed by atoms with Crippen molar-refractivity contribution in [3.63, 3.8) is 0 Å². The van der Waals surface area contributed by atoms with E-state index in [4.69, 9.17) is 11.6 Å². The predicted octanol–water partition coefficient (Wildman–Crippen LogP) is 4.33. The van der Waals surface area contributed by atoms with Gasteiger partial charge in [0.15, 0.2) is 5.12 Å². The number of carbonyl (C=O) groups is 1. The van der Waals surface area contributed by atoms with Crippen LogP contribution >= 0.6 is 23.4 Å². The van der Waals surface area contributed by atoms with Gasteiger partial charge in [-0.05, 0) is 24.5 Å². The maximum absolute atomic E-state index is 10.7. The summed E-state index contributed by atoms with van der Waals surface area (Å²) in [5.74, 6) is 0.829. The summed E-state index contributed by atoms with van der Waals surface area (Å²) in [5.41, 5.74) is 2.12. The van der Waals surface area contributed by atoms with Crippen molar-refractivity contribution in [1.82, 2.24) is 0 Å². The van der Waals surface area contributed by atoms with Gasteiger partial charge in [0.05, 0.1) is 5.02 Å². The molecule has 0 spiro atoms. The first kappa shape index (κ1) is 13.3. The molecule has 1 aromatic carbocycles. The number of aryl methyl sites for hydroxylation is 1. The van der Waals surface area contributed by atoms with E-state index in [-0.39, 0.29) is 5.12 Å². The highest BCUT2D eigenvalue weighted by Gasteiger charge is 1.98. The zero-order valence-electron chi connectivity index (χ0n) is 9.50. The zero-order chi connectivity index (χ0) is 12.0. The van der Waals surface area contributed by atoms with E-state index < -0.39 is 0 Å². The largest absolute Gasteiger partial charge is 0.288 e. The van der Waals surface area contributed by atoms with E-state index in [1.165, 1.54) is 11.8 Å². The van der Waals surface area contributed by atoms with Crippen molar-refractivity contribution in [2.45, 2.75) is 20.3 Å². The normalized spacial score (nSPS) is 10.9. The van der Waals surface area contributed by atoms with Crippen molar-refractivity contribution in [3.05, 3.63) is 40.4 Å². The Balaban J connectivity index is 2.50. The van der Waals surface area contributed by atoms with Gasteiger partial charge in [0.25, 0.3) is 0 Å². The lowest BCUT2D eigenvalue weighted by atomic mass is 10.1. The topological polar surface area (TPSA) is 17.1 Å². The van der Waals surface area contributed by atoms with Gasteiger partial charge in [-0.1, -0.05) is 53.7 Å². The monoisotopic (exact) mass is 254 g/mol. The highest BCUT2D eigenvalue weighted by molar-refractivity contribution is 8.13. The minimum atomic E-state index is 0.169. The van der Waals surface area contributed by atoms with Gasteiger partial charge < -0.3 is 0 Å². The van der Waals surface area contributed by atoms with Gasteiger partial charge in [-0.25, -0.2) is 0 Å². The van der Waals surface area contributed by atoms with Crippen LogP contribution in [0.2, 0.25) is 5.02 Å². The Kier molecular flexibility index (Phi) is 5.64. The van der Waals surface area contributed by atoms with Crippen LogP contribution in [-0.4, -0.2) is 10.9 Å². The molecule has 0 N–H and O–H groups in total. The Morgan fingerprint density at radius 1 is 1.50 bits per heavy atom. The third-order valence-corrected chi connectivity index (χ3v) is 3.47. The summed E-state index contributed by atoms with van der Waals surface area (Å²) in [6, 6.07) is 5.97. The van der Waals surface area contributed by atoms with Crippen LogP contribution in [0.15, 0.2) is 24.3 Å². The van der Waals surface area contributed by atoms with E-state index in [0.717, 1.165) is 28.3 Å². The first-order valence-corrected chi connectivity index (χ1v) is 6.52. The number of allylic oxidation sites excluding steroid dienone is 1. The molecular weight excluding hydrogens is 240 g/mol. The highest BCUT2D eigenvalue weighted by Crippen LogP contribution is 2.21. The summed E-state index contributed by atoms with van der Waals surface area (Å²) in [5, 5.41) is 0.972. The van der Waals surface area contributed by atoms with Crippen LogP contribution in [0.1, 0.15) is 24.5 Å². The molecule has 0 fully saturated rings. The highest BCUT2D eigenvalue weighted by atomic mass is 35.5. The van der Waals surface area contributed by atoms with E-state index in [1.807, 2.05) is 31.2 Å². The number of thioether (sulfide) groups is 1. The Hall–Kier alpha value is -0.730. The maximum atomic E-state index is 10.7. The predicted molar refractivity (Wildman–Crippen MR) is 73.0 cm³/mol. The second-order valence-corrected chi connectivity index (χ2v) is 5.16. The fourth-order valence-corrected chi connectivity index (χ4v) is 2.01. The molecule has 16 heavy (non-hydrogen) atoms. The van der Waals surface area contributed by atoms with Gasteiger partial charge in [0, 0.05) is 12.7 Å². The molecule has 0 unspecified atom stereocenters. The molecule has 1 rings (SSSR count). The summed E-state index contributed by atoms with van der Waals surface area (Å²) in [6.45, 7) is 3.58. The summed E-state index contributed by atoms with van der Waals surface area (Å²) in [7, 11) is 0. The molecule has 1 aromatic rings. The fraction of sp³-hybridized carbons (Fsp3) is 0.308. The molecular formula is C13H15ClOS. The Labute approximate surface area is 106 Å². The van der Waals surface area contributed by atoms with E-state index in [1.54, 1.807) is 6.92 Å². The van der Waals surface area contributed by atoms with Crippen LogP contribution in [0.25, 0.3) is 6.08 Å². The number of rotatable bonds is 4. The van der Waals surface area contributed by atoms with Crippen LogP contribution in [0.3, 0.4) is 0 Å². The van der Waals surface area contributed by atoms with Gasteiger partial charge in [-0.3, -0.25) is 4.79 Å². The van der Waals surface area contributed by atoms with Gasteiger partial charge in [-0.2, -0.15) is 0 Å². The van der Waals surface area contributed by atoms with E-state index >= 15 is 0 Å². The average molecular weight is 255 g/mol. The molecule has 0 atom stereocenters. The van der Waals surface area contributed by atoms with Gasteiger partial charge in [0.2, 0.25) is 0 Å². The zero-order valence-corrected chi connectivity index (χ0v) is 11.1. The smallest absolute Gasteiger partial charge is 0.185 e. The molecule has 0 bridgehead atoms. The average Bonchev–Trinajstić information content (AvgIpc) is 2.23. The van der Waals surface area contributed by atoms with Crippen molar-refractivity contribution < 1.29 is 4.79 Å². The maximum Gasteiger partial charge on any atom is 0.185 e. The Morgan fingerprint density at radius 3 is 2.94 bits per heavy atom. The minimum absolute atomic E-state index is 0.169. The second-order valence-electron chi connectivity index (χ2n) is 3.51. The van der Waals surface area contributed by atoms with Crippen molar-refractivity contribution in [3.8, 4) is 0 Å². The molecule has 0 saturated heterocycles. The number of hydrogen-bond acceptors (Lipinski definition) is 2. The molecule has 3 heteroatoms. The number of hydrogen-bond donors (Lipinski definition) is 0. The molecule has 0 saturated carbocycles. The Morgan fingerprint density at radius 2 is 2.25 bits per heavy atom. The second kappa shape index (κ2) is 6.77. The van der Waals surface area contributed by atoms with Crippen molar-refractivity contribution in [1.29, 1.82) is 0 Å². The molecule has 0 heterocycles. The lowest BCUT2D eigenvalue weighted by molar-refractivity contribution is -0.109. The van der Waals surface area contributed by atoms with E-state index in [2.05, 4.69) is 6.08 Å². The third kappa shape index (κ3) is 4.42. The first-order valence-electron chi connectivity index (χ1n) is 5.16. The SMILES string of the molecule is CC(=O)SCCC=Cc1cccc(C)c1Cl. The van der Waals surface area contributed by atoms with Crippen LogP contribution in [0.4, 0.5) is 0 Å². The number of benzene rings is 1. The van der Waals surface area contributed by atoms with Crippen LogP contribution in [0, 0.1) is 6.92 Å². The van der Waals surface area contributed by atoms with E-state index in [0.29, 0.717) is 0 Å². The standard InChI is InChI=1S/C13H15ClOS/c1-10-6-5-8-12(13(10)14)7-3-4-9-16-11(2)15/h3,5-8H,4,9H2,1-2H3. The minimum Gasteiger partial charge on any atom is -0.288 e. The number of halogens is 1. The van der Waals surface area contributed by atoms with Gasteiger partial charge in [0.1, 0.15) is 0 Å². The molecule has 0 aliphatic carbocycles. The molecule has 86 valence electrons. The van der Waals surface area contributed by atoms with Crippen molar-refractivity contribution in [2.75, 3.05) is 5.75 Å². The molecule has 0 amide bonds. The summed E-state index contributed by atoms with van der Waals surface area (Å²) in [6.07, 6.45) is 4.95. The lowest BCUT2D eigenvalue weighted by Crippen LogP contribution is -1.84. The van der Waals surface area contributed by atoms with Crippen molar-refractivity contribution >= 4 is 34.6 Å². The molecule has 0 aliphatic rings.